The van der Waals surface area contributed by atoms with Crippen molar-refractivity contribution in [3.63, 3.8) is 0 Å². The van der Waals surface area contributed by atoms with Gasteiger partial charge in [0.1, 0.15) is 11.6 Å². The first-order valence-corrected chi connectivity index (χ1v) is 6.27. The van der Waals surface area contributed by atoms with E-state index < -0.39 is 0 Å². The van der Waals surface area contributed by atoms with E-state index in [1.165, 1.54) is 12.8 Å². The van der Waals surface area contributed by atoms with Crippen molar-refractivity contribution in [3.8, 4) is 0 Å². The summed E-state index contributed by atoms with van der Waals surface area (Å²) in [6.45, 7) is 7.41. The van der Waals surface area contributed by atoms with Crippen molar-refractivity contribution in [3.05, 3.63) is 18.2 Å². The van der Waals surface area contributed by atoms with Gasteiger partial charge in [-0.05, 0) is 31.9 Å². The van der Waals surface area contributed by atoms with Crippen molar-refractivity contribution in [2.75, 3.05) is 17.2 Å². The number of nitrogens with one attached hydrogen (secondary N) is 2. The molecule has 1 rings (SSSR count). The summed E-state index contributed by atoms with van der Waals surface area (Å²) in [4.78, 5) is 4.51. The molecule has 0 fully saturated rings. The number of anilines is 2. The third-order valence-electron chi connectivity index (χ3n) is 2.59. The van der Waals surface area contributed by atoms with Gasteiger partial charge < -0.3 is 10.6 Å². The number of aromatic nitrogens is 1. The van der Waals surface area contributed by atoms with Crippen LogP contribution in [0.1, 0.15) is 40.0 Å². The molecule has 0 bridgehead atoms. The normalized spacial score (nSPS) is 12.2. The van der Waals surface area contributed by atoms with Gasteiger partial charge in [0.25, 0.3) is 0 Å². The lowest BCUT2D eigenvalue weighted by Crippen LogP contribution is -2.18. The Labute approximate surface area is 98.7 Å². The Bertz CT molecular complexity index is 299. The van der Waals surface area contributed by atoms with Gasteiger partial charge in [-0.2, -0.15) is 0 Å². The lowest BCUT2D eigenvalue weighted by molar-refractivity contribution is 0.620. The molecule has 0 radical (unpaired) electrons. The smallest absolute Gasteiger partial charge is 0.128 e. The van der Waals surface area contributed by atoms with Crippen LogP contribution in [0.4, 0.5) is 11.6 Å². The maximum Gasteiger partial charge on any atom is 0.128 e. The standard InChI is InChI=1S/C13H23N3/c1-4-8-11(5-2)15-13-10-7-9-12(16-13)14-6-3/h7,9-11H,4-6,8H2,1-3H3,(H2,14,15,16). The molecule has 1 unspecified atom stereocenters. The largest absolute Gasteiger partial charge is 0.370 e. The van der Waals surface area contributed by atoms with Crippen molar-refractivity contribution < 1.29 is 0 Å². The Morgan fingerprint density at radius 3 is 2.56 bits per heavy atom. The van der Waals surface area contributed by atoms with Gasteiger partial charge in [-0.15, -0.1) is 0 Å². The van der Waals surface area contributed by atoms with Crippen LogP contribution in [-0.2, 0) is 0 Å². The second-order valence-corrected chi connectivity index (χ2v) is 3.98. The van der Waals surface area contributed by atoms with Crippen molar-refractivity contribution in [2.24, 2.45) is 0 Å². The summed E-state index contributed by atoms with van der Waals surface area (Å²) in [5.41, 5.74) is 0. The summed E-state index contributed by atoms with van der Waals surface area (Å²) in [5, 5.41) is 6.70. The van der Waals surface area contributed by atoms with Gasteiger partial charge in [0, 0.05) is 12.6 Å². The highest BCUT2D eigenvalue weighted by molar-refractivity contribution is 5.45. The quantitative estimate of drug-likeness (QED) is 0.740. The number of hydrogen-bond acceptors (Lipinski definition) is 3. The van der Waals surface area contributed by atoms with Crippen LogP contribution in [0, 0.1) is 0 Å². The molecular weight excluding hydrogens is 198 g/mol. The van der Waals surface area contributed by atoms with Gasteiger partial charge in [-0.3, -0.25) is 0 Å². The average Bonchev–Trinajstić information content (AvgIpc) is 2.29. The molecule has 1 aromatic rings. The van der Waals surface area contributed by atoms with Crippen LogP contribution in [0.3, 0.4) is 0 Å². The van der Waals surface area contributed by atoms with Crippen LogP contribution in [0.25, 0.3) is 0 Å². The summed E-state index contributed by atoms with van der Waals surface area (Å²) in [5.74, 6) is 1.91. The zero-order valence-electron chi connectivity index (χ0n) is 10.6. The van der Waals surface area contributed by atoms with E-state index in [4.69, 9.17) is 0 Å². The fourth-order valence-electron chi connectivity index (χ4n) is 1.73. The highest BCUT2D eigenvalue weighted by Crippen LogP contribution is 2.13. The second-order valence-electron chi connectivity index (χ2n) is 3.98. The third-order valence-corrected chi connectivity index (χ3v) is 2.59. The average molecular weight is 221 g/mol. The van der Waals surface area contributed by atoms with Crippen molar-refractivity contribution in [1.82, 2.24) is 4.98 Å². The molecule has 0 saturated heterocycles. The number of hydrogen-bond donors (Lipinski definition) is 2. The lowest BCUT2D eigenvalue weighted by Gasteiger charge is -2.17. The highest BCUT2D eigenvalue weighted by atomic mass is 15.1. The van der Waals surface area contributed by atoms with E-state index in [0.29, 0.717) is 6.04 Å². The predicted octanol–water partition coefficient (Wildman–Crippen LogP) is 3.50. The highest BCUT2D eigenvalue weighted by Gasteiger charge is 2.05. The molecule has 3 heteroatoms. The molecular formula is C13H23N3. The maximum absolute atomic E-state index is 4.51. The Morgan fingerprint density at radius 1 is 1.19 bits per heavy atom. The Morgan fingerprint density at radius 2 is 1.94 bits per heavy atom. The van der Waals surface area contributed by atoms with Crippen LogP contribution in [0.2, 0.25) is 0 Å². The molecule has 1 heterocycles. The van der Waals surface area contributed by atoms with E-state index in [0.717, 1.165) is 24.6 Å². The zero-order chi connectivity index (χ0) is 11.8. The molecule has 0 spiro atoms. The Balaban J connectivity index is 2.60. The van der Waals surface area contributed by atoms with Crippen molar-refractivity contribution in [2.45, 2.75) is 46.1 Å². The predicted molar refractivity (Wildman–Crippen MR) is 71.0 cm³/mol. The van der Waals surface area contributed by atoms with Crippen molar-refractivity contribution >= 4 is 11.6 Å². The minimum atomic E-state index is 0.536. The summed E-state index contributed by atoms with van der Waals surface area (Å²) in [6, 6.07) is 6.59. The van der Waals surface area contributed by atoms with Gasteiger partial charge in [0.15, 0.2) is 0 Å². The molecule has 0 aliphatic carbocycles. The van der Waals surface area contributed by atoms with Crippen LogP contribution in [-0.4, -0.2) is 17.6 Å². The molecule has 16 heavy (non-hydrogen) atoms. The number of nitrogens with zero attached hydrogens (tertiary/aromatic N) is 1. The zero-order valence-corrected chi connectivity index (χ0v) is 10.6. The lowest BCUT2D eigenvalue weighted by atomic mass is 10.1. The number of rotatable bonds is 7. The molecule has 0 saturated carbocycles. The fourth-order valence-corrected chi connectivity index (χ4v) is 1.73. The van der Waals surface area contributed by atoms with E-state index in [1.54, 1.807) is 0 Å². The van der Waals surface area contributed by atoms with Gasteiger partial charge in [-0.1, -0.05) is 26.3 Å². The fraction of sp³-hybridized carbons (Fsp3) is 0.615. The van der Waals surface area contributed by atoms with E-state index in [1.807, 2.05) is 18.2 Å². The van der Waals surface area contributed by atoms with E-state index in [-0.39, 0.29) is 0 Å². The first kappa shape index (κ1) is 12.8. The molecule has 2 N–H and O–H groups in total. The molecule has 90 valence electrons. The third kappa shape index (κ3) is 4.09. The monoisotopic (exact) mass is 221 g/mol. The molecule has 0 aromatic carbocycles. The minimum Gasteiger partial charge on any atom is -0.370 e. The van der Waals surface area contributed by atoms with Crippen LogP contribution in [0.5, 0.6) is 0 Å². The molecule has 3 nitrogen and oxygen atoms in total. The van der Waals surface area contributed by atoms with E-state index in [9.17, 15) is 0 Å². The molecule has 1 atom stereocenters. The van der Waals surface area contributed by atoms with E-state index in [2.05, 4.69) is 36.4 Å². The Kier molecular flexibility index (Phi) is 5.68. The van der Waals surface area contributed by atoms with Gasteiger partial charge in [-0.25, -0.2) is 4.98 Å². The summed E-state index contributed by atoms with van der Waals surface area (Å²) >= 11 is 0. The van der Waals surface area contributed by atoms with E-state index >= 15 is 0 Å². The first-order valence-electron chi connectivity index (χ1n) is 6.27. The topological polar surface area (TPSA) is 37.0 Å². The molecule has 0 aliphatic heterocycles. The van der Waals surface area contributed by atoms with Gasteiger partial charge in [0.2, 0.25) is 0 Å². The summed E-state index contributed by atoms with van der Waals surface area (Å²) in [6.07, 6.45) is 3.54. The molecule has 1 aromatic heterocycles. The first-order chi connectivity index (χ1) is 7.80. The number of pyridine rings is 1. The van der Waals surface area contributed by atoms with Gasteiger partial charge in [0.05, 0.1) is 0 Å². The van der Waals surface area contributed by atoms with Crippen molar-refractivity contribution in [1.29, 1.82) is 0 Å². The van der Waals surface area contributed by atoms with Crippen LogP contribution < -0.4 is 10.6 Å². The molecule has 0 aliphatic rings. The summed E-state index contributed by atoms with van der Waals surface area (Å²) in [7, 11) is 0. The van der Waals surface area contributed by atoms with Crippen LogP contribution in [0.15, 0.2) is 18.2 Å². The SMILES string of the molecule is CCCC(CC)Nc1cccc(NCC)n1. The molecule has 0 amide bonds. The van der Waals surface area contributed by atoms with Gasteiger partial charge >= 0.3 is 0 Å². The maximum atomic E-state index is 4.51. The Hall–Kier alpha value is -1.25. The minimum absolute atomic E-state index is 0.536. The van der Waals surface area contributed by atoms with Crippen LogP contribution >= 0.6 is 0 Å². The second kappa shape index (κ2) is 7.09. The summed E-state index contributed by atoms with van der Waals surface area (Å²) < 4.78 is 0.